The van der Waals surface area contributed by atoms with E-state index in [2.05, 4.69) is 10.6 Å². The molecule has 9 rings (SSSR count). The summed E-state index contributed by atoms with van der Waals surface area (Å²) in [4.78, 5) is 31.2. The number of nitrogens with one attached hydrogen (secondary N) is 2. The number of fused-ring (bicyclic) bond motifs is 2. The summed E-state index contributed by atoms with van der Waals surface area (Å²) in [6.07, 6.45) is 1.89. The fraction of sp³-hybridized carbons (Fsp3) is 0.164. The Bertz CT molecular complexity index is 2510. The molecular weight excluding hydrogens is 753 g/mol. The highest BCUT2D eigenvalue weighted by atomic mass is 16.3. The second-order valence-corrected chi connectivity index (χ2v) is 16.2. The molecule has 0 aliphatic heterocycles. The highest BCUT2D eigenvalue weighted by Crippen LogP contribution is 2.48. The molecule has 8 aromatic carbocycles. The zero-order valence-corrected chi connectivity index (χ0v) is 33.8. The van der Waals surface area contributed by atoms with Crippen LogP contribution >= 0.6 is 0 Å². The topological polar surface area (TPSA) is 98.7 Å². The SMILES string of the molecule is O=C(N[C@@H](c1cccc2ccccc12)C(O)(c1ccccc1)c1ccccc1)C1(C(=O)N[C@@H](c2cccc3ccccc23)C(O)(c2ccccc2)c2ccccc2)CCCC1. The van der Waals surface area contributed by atoms with Gasteiger partial charge in [0.05, 0.1) is 12.1 Å². The van der Waals surface area contributed by atoms with Crippen molar-refractivity contribution >= 4 is 33.4 Å². The maximum atomic E-state index is 15.6. The lowest BCUT2D eigenvalue weighted by Gasteiger charge is -2.42. The minimum absolute atomic E-state index is 0.291. The van der Waals surface area contributed by atoms with Gasteiger partial charge in [0, 0.05) is 0 Å². The van der Waals surface area contributed by atoms with E-state index in [-0.39, 0.29) is 0 Å². The van der Waals surface area contributed by atoms with Crippen LogP contribution in [0.1, 0.15) is 71.1 Å². The van der Waals surface area contributed by atoms with Crippen LogP contribution in [0.5, 0.6) is 0 Å². The van der Waals surface area contributed by atoms with E-state index in [1.807, 2.05) is 206 Å². The van der Waals surface area contributed by atoms with Crippen molar-refractivity contribution in [2.45, 2.75) is 49.0 Å². The van der Waals surface area contributed by atoms with Crippen molar-refractivity contribution in [3.63, 3.8) is 0 Å². The van der Waals surface area contributed by atoms with E-state index in [0.29, 0.717) is 59.1 Å². The number of carbonyl (C=O) groups is 2. The average Bonchev–Trinajstić information content (AvgIpc) is 3.85. The molecule has 8 aromatic rings. The maximum Gasteiger partial charge on any atom is 0.236 e. The minimum atomic E-state index is -1.76. The summed E-state index contributed by atoms with van der Waals surface area (Å²) in [5.74, 6) is -0.962. The van der Waals surface area contributed by atoms with Gasteiger partial charge in [0.25, 0.3) is 0 Å². The summed E-state index contributed by atoms with van der Waals surface area (Å²) in [7, 11) is 0. The fourth-order valence-electron chi connectivity index (χ4n) is 9.66. The normalized spacial score (nSPS) is 14.9. The van der Waals surface area contributed by atoms with Crippen molar-refractivity contribution in [2.24, 2.45) is 5.41 Å². The molecule has 0 saturated heterocycles. The summed E-state index contributed by atoms with van der Waals surface area (Å²) < 4.78 is 0. The summed E-state index contributed by atoms with van der Waals surface area (Å²) in [6, 6.07) is 63.2. The smallest absolute Gasteiger partial charge is 0.236 e. The van der Waals surface area contributed by atoms with Crippen LogP contribution in [-0.4, -0.2) is 22.0 Å². The largest absolute Gasteiger partial charge is 0.378 e. The Morgan fingerprint density at radius 2 is 0.705 bits per heavy atom. The predicted molar refractivity (Wildman–Crippen MR) is 242 cm³/mol. The Balaban J connectivity index is 1.20. The van der Waals surface area contributed by atoms with Crippen LogP contribution in [0.4, 0.5) is 0 Å². The van der Waals surface area contributed by atoms with Crippen LogP contribution in [-0.2, 0) is 20.8 Å². The summed E-state index contributed by atoms with van der Waals surface area (Å²) in [5, 5.41) is 37.3. The second kappa shape index (κ2) is 16.7. The van der Waals surface area contributed by atoms with Gasteiger partial charge < -0.3 is 20.8 Å². The van der Waals surface area contributed by atoms with Gasteiger partial charge in [-0.15, -0.1) is 0 Å². The molecule has 0 aromatic heterocycles. The molecular formula is C55H48N2O4. The zero-order valence-electron chi connectivity index (χ0n) is 33.8. The first-order valence-corrected chi connectivity index (χ1v) is 21.1. The van der Waals surface area contributed by atoms with E-state index < -0.39 is 40.5 Å². The van der Waals surface area contributed by atoms with Crippen LogP contribution in [0.2, 0.25) is 0 Å². The van der Waals surface area contributed by atoms with Crippen LogP contribution in [0.25, 0.3) is 21.5 Å². The molecule has 4 N–H and O–H groups in total. The third kappa shape index (κ3) is 7.08. The van der Waals surface area contributed by atoms with E-state index in [1.165, 1.54) is 0 Å². The molecule has 6 nitrogen and oxygen atoms in total. The van der Waals surface area contributed by atoms with Gasteiger partial charge in [0.2, 0.25) is 11.8 Å². The molecule has 0 bridgehead atoms. The predicted octanol–water partition coefficient (Wildman–Crippen LogP) is 10.4. The molecule has 302 valence electrons. The number of aliphatic hydroxyl groups is 2. The average molecular weight is 801 g/mol. The third-order valence-corrected chi connectivity index (χ3v) is 12.8. The Morgan fingerprint density at radius 1 is 0.410 bits per heavy atom. The quantitative estimate of drug-likeness (QED) is 0.0925. The number of amides is 2. The van der Waals surface area contributed by atoms with E-state index in [0.717, 1.165) is 21.5 Å². The summed E-state index contributed by atoms with van der Waals surface area (Å²) in [6.45, 7) is 0. The Morgan fingerprint density at radius 3 is 1.05 bits per heavy atom. The van der Waals surface area contributed by atoms with Crippen LogP contribution in [0.15, 0.2) is 206 Å². The number of hydrogen-bond donors (Lipinski definition) is 4. The van der Waals surface area contributed by atoms with Gasteiger partial charge in [0.15, 0.2) is 0 Å². The third-order valence-electron chi connectivity index (χ3n) is 12.8. The van der Waals surface area contributed by atoms with Gasteiger partial charge in [-0.2, -0.15) is 0 Å². The van der Waals surface area contributed by atoms with E-state index >= 15 is 9.59 Å². The fourth-order valence-corrected chi connectivity index (χ4v) is 9.66. The highest BCUT2D eigenvalue weighted by Gasteiger charge is 2.53. The van der Waals surface area contributed by atoms with Gasteiger partial charge in [-0.3, -0.25) is 9.59 Å². The second-order valence-electron chi connectivity index (χ2n) is 16.2. The Kier molecular flexibility index (Phi) is 10.8. The molecule has 0 radical (unpaired) electrons. The maximum absolute atomic E-state index is 15.6. The van der Waals surface area contributed by atoms with Crippen molar-refractivity contribution < 1.29 is 19.8 Å². The van der Waals surface area contributed by atoms with Crippen molar-refractivity contribution in [2.75, 3.05) is 0 Å². The van der Waals surface area contributed by atoms with Crippen molar-refractivity contribution in [3.8, 4) is 0 Å². The monoisotopic (exact) mass is 800 g/mol. The number of carbonyl (C=O) groups excluding carboxylic acids is 2. The molecule has 2 atom stereocenters. The first-order chi connectivity index (χ1) is 29.8. The minimum Gasteiger partial charge on any atom is -0.378 e. The molecule has 6 heteroatoms. The van der Waals surface area contributed by atoms with E-state index in [9.17, 15) is 10.2 Å². The molecule has 1 fully saturated rings. The molecule has 2 amide bonds. The molecule has 1 aliphatic rings. The Hall–Kier alpha value is -6.86. The molecule has 61 heavy (non-hydrogen) atoms. The Labute approximate surface area is 356 Å². The van der Waals surface area contributed by atoms with Crippen LogP contribution in [0.3, 0.4) is 0 Å². The number of rotatable bonds is 12. The summed E-state index contributed by atoms with van der Waals surface area (Å²) in [5.41, 5.74) is -1.25. The molecule has 0 spiro atoms. The first-order valence-electron chi connectivity index (χ1n) is 21.1. The van der Waals surface area contributed by atoms with Crippen molar-refractivity contribution in [1.82, 2.24) is 10.6 Å². The number of hydrogen-bond acceptors (Lipinski definition) is 4. The van der Waals surface area contributed by atoms with Gasteiger partial charge in [-0.1, -0.05) is 219 Å². The molecule has 1 saturated carbocycles. The van der Waals surface area contributed by atoms with Crippen LogP contribution < -0.4 is 10.6 Å². The first kappa shape index (κ1) is 39.6. The van der Waals surface area contributed by atoms with E-state index in [1.54, 1.807) is 0 Å². The van der Waals surface area contributed by atoms with Gasteiger partial charge in [-0.05, 0) is 67.8 Å². The molecule has 1 aliphatic carbocycles. The van der Waals surface area contributed by atoms with Gasteiger partial charge in [0.1, 0.15) is 16.6 Å². The van der Waals surface area contributed by atoms with E-state index in [4.69, 9.17) is 0 Å². The molecule has 0 unspecified atom stereocenters. The van der Waals surface area contributed by atoms with Crippen LogP contribution in [0, 0.1) is 5.41 Å². The lowest BCUT2D eigenvalue weighted by molar-refractivity contribution is -0.146. The van der Waals surface area contributed by atoms with Crippen molar-refractivity contribution in [1.29, 1.82) is 0 Å². The van der Waals surface area contributed by atoms with Crippen molar-refractivity contribution in [3.05, 3.63) is 240 Å². The molecule has 0 heterocycles. The standard InChI is InChI=1S/C55H48N2O4/c58-51(56-49(47-35-19-23-39-21-13-15-33-45(39)47)54(60,41-25-5-1-6-26-41)42-27-7-2-8-28-42)53(37-17-18-38-53)52(59)57-50(48-36-20-24-40-22-14-16-34-46(40)48)55(61,43-29-9-3-10-30-43)44-31-11-4-12-32-44/h1-16,19-36,49-50,60-61H,17-18,37-38H2,(H,56,58)(H,57,59)/t49-,50-/m0/s1. The highest BCUT2D eigenvalue weighted by molar-refractivity contribution is 6.06. The lowest BCUT2D eigenvalue weighted by atomic mass is 9.74. The summed E-state index contributed by atoms with van der Waals surface area (Å²) >= 11 is 0. The zero-order chi connectivity index (χ0) is 41.9. The lowest BCUT2D eigenvalue weighted by Crippen LogP contribution is -2.56. The number of benzene rings is 8. The van der Waals surface area contributed by atoms with Gasteiger partial charge >= 0.3 is 0 Å². The van der Waals surface area contributed by atoms with Gasteiger partial charge in [-0.25, -0.2) is 0 Å².